The van der Waals surface area contributed by atoms with Gasteiger partial charge in [-0.1, -0.05) is 23.7 Å². The van der Waals surface area contributed by atoms with E-state index in [2.05, 4.69) is 11.2 Å². The number of hydrogen-bond acceptors (Lipinski definition) is 2. The molecule has 1 heterocycles. The van der Waals surface area contributed by atoms with Gasteiger partial charge in [-0.3, -0.25) is 4.68 Å². The Morgan fingerprint density at radius 1 is 1.29 bits per heavy atom. The van der Waals surface area contributed by atoms with Gasteiger partial charge in [0, 0.05) is 17.3 Å². The van der Waals surface area contributed by atoms with Gasteiger partial charge in [0.2, 0.25) is 0 Å². The van der Waals surface area contributed by atoms with Crippen molar-refractivity contribution in [3.05, 3.63) is 51.8 Å². The lowest BCUT2D eigenvalue weighted by Crippen LogP contribution is -2.05. The molecule has 3 nitrogen and oxygen atoms in total. The zero-order valence-electron chi connectivity index (χ0n) is 10.1. The molecule has 0 unspecified atom stereocenters. The maximum absolute atomic E-state index is 6.22. The number of nitrogens with two attached hydrogens (primary N) is 1. The van der Waals surface area contributed by atoms with Crippen LogP contribution in [0.5, 0.6) is 0 Å². The van der Waals surface area contributed by atoms with E-state index in [1.165, 1.54) is 0 Å². The second-order valence-corrected chi connectivity index (χ2v) is 4.62. The molecule has 0 aliphatic heterocycles. The van der Waals surface area contributed by atoms with E-state index >= 15 is 0 Å². The second kappa shape index (κ2) is 4.90. The van der Waals surface area contributed by atoms with Crippen LogP contribution in [0.2, 0.25) is 5.02 Å². The second-order valence-electron chi connectivity index (χ2n) is 4.21. The number of aromatic nitrogens is 2. The van der Waals surface area contributed by atoms with Gasteiger partial charge in [0.25, 0.3) is 0 Å². The van der Waals surface area contributed by atoms with Crippen molar-refractivity contribution in [3.8, 4) is 0 Å². The molecule has 0 bridgehead atoms. The molecule has 0 amide bonds. The van der Waals surface area contributed by atoms with E-state index in [-0.39, 0.29) is 0 Å². The third kappa shape index (κ3) is 2.68. The van der Waals surface area contributed by atoms with Crippen LogP contribution in [0.25, 0.3) is 0 Å². The van der Waals surface area contributed by atoms with Gasteiger partial charge in [-0.05, 0) is 37.1 Å². The maximum Gasteiger partial charge on any atom is 0.0677 e. The van der Waals surface area contributed by atoms with E-state index in [0.29, 0.717) is 13.1 Å². The van der Waals surface area contributed by atoms with Crippen molar-refractivity contribution < 1.29 is 0 Å². The van der Waals surface area contributed by atoms with Crippen molar-refractivity contribution in [2.75, 3.05) is 0 Å². The average molecular weight is 250 g/mol. The fourth-order valence-corrected chi connectivity index (χ4v) is 2.11. The van der Waals surface area contributed by atoms with Crippen molar-refractivity contribution in [1.29, 1.82) is 0 Å². The summed E-state index contributed by atoms with van der Waals surface area (Å²) in [5, 5.41) is 5.17. The van der Waals surface area contributed by atoms with Crippen molar-refractivity contribution in [2.45, 2.75) is 26.9 Å². The zero-order valence-corrected chi connectivity index (χ0v) is 10.8. The molecular weight excluding hydrogens is 234 g/mol. The molecule has 0 radical (unpaired) electrons. The Morgan fingerprint density at radius 3 is 2.59 bits per heavy atom. The molecule has 90 valence electrons. The summed E-state index contributed by atoms with van der Waals surface area (Å²) < 4.78 is 1.96. The lowest BCUT2D eigenvalue weighted by atomic mass is 10.1. The third-order valence-corrected chi connectivity index (χ3v) is 3.13. The molecule has 0 aliphatic rings. The van der Waals surface area contributed by atoms with Crippen molar-refractivity contribution in [2.24, 2.45) is 5.73 Å². The molecule has 0 saturated carbocycles. The minimum Gasteiger partial charge on any atom is -0.326 e. The highest BCUT2D eigenvalue weighted by Crippen LogP contribution is 2.19. The smallest absolute Gasteiger partial charge is 0.0677 e. The molecule has 2 aromatic rings. The average Bonchev–Trinajstić information content (AvgIpc) is 2.60. The SMILES string of the molecule is Cc1cc(C)n(Cc2ccc(CN)cc2Cl)n1. The minimum absolute atomic E-state index is 0.514. The Labute approximate surface area is 106 Å². The summed E-state index contributed by atoms with van der Waals surface area (Å²) in [7, 11) is 0. The fourth-order valence-electron chi connectivity index (χ4n) is 1.84. The number of aryl methyl sites for hydroxylation is 2. The normalized spacial score (nSPS) is 10.8. The standard InChI is InChI=1S/C13H16ClN3/c1-9-5-10(2)17(16-9)8-12-4-3-11(7-15)6-13(12)14/h3-6H,7-8,15H2,1-2H3. The Kier molecular flexibility index (Phi) is 3.50. The number of hydrogen-bond donors (Lipinski definition) is 1. The van der Waals surface area contributed by atoms with E-state index in [0.717, 1.165) is 27.5 Å². The third-order valence-electron chi connectivity index (χ3n) is 2.78. The number of rotatable bonds is 3. The van der Waals surface area contributed by atoms with Crippen LogP contribution in [0, 0.1) is 13.8 Å². The quantitative estimate of drug-likeness (QED) is 0.909. The maximum atomic E-state index is 6.22. The largest absolute Gasteiger partial charge is 0.326 e. The van der Waals surface area contributed by atoms with E-state index < -0.39 is 0 Å². The first-order valence-electron chi connectivity index (χ1n) is 5.58. The van der Waals surface area contributed by atoms with Gasteiger partial charge in [-0.2, -0.15) is 5.10 Å². The van der Waals surface area contributed by atoms with E-state index in [1.807, 2.05) is 36.7 Å². The summed E-state index contributed by atoms with van der Waals surface area (Å²) in [6.07, 6.45) is 0. The van der Waals surface area contributed by atoms with Gasteiger partial charge < -0.3 is 5.73 Å². The highest BCUT2D eigenvalue weighted by atomic mass is 35.5. The molecule has 0 spiro atoms. The first-order valence-corrected chi connectivity index (χ1v) is 5.96. The molecule has 0 aliphatic carbocycles. The predicted molar refractivity (Wildman–Crippen MR) is 70.1 cm³/mol. The van der Waals surface area contributed by atoms with Crippen LogP contribution in [0.3, 0.4) is 0 Å². The van der Waals surface area contributed by atoms with Crippen LogP contribution >= 0.6 is 11.6 Å². The molecular formula is C13H16ClN3. The summed E-state index contributed by atoms with van der Waals surface area (Å²) in [5.74, 6) is 0. The van der Waals surface area contributed by atoms with Crippen LogP contribution in [0.15, 0.2) is 24.3 Å². The molecule has 1 aromatic heterocycles. The molecule has 4 heteroatoms. The van der Waals surface area contributed by atoms with Crippen molar-refractivity contribution >= 4 is 11.6 Å². The Hall–Kier alpha value is -1.32. The van der Waals surface area contributed by atoms with Crippen LogP contribution in [-0.2, 0) is 13.1 Å². The van der Waals surface area contributed by atoms with Crippen LogP contribution in [0.4, 0.5) is 0 Å². The Bertz CT molecular complexity index is 531. The van der Waals surface area contributed by atoms with Gasteiger partial charge in [0.1, 0.15) is 0 Å². The van der Waals surface area contributed by atoms with Crippen LogP contribution in [-0.4, -0.2) is 9.78 Å². The molecule has 17 heavy (non-hydrogen) atoms. The topological polar surface area (TPSA) is 43.8 Å². The molecule has 0 atom stereocenters. The van der Waals surface area contributed by atoms with Gasteiger partial charge in [-0.15, -0.1) is 0 Å². The molecule has 1 aromatic carbocycles. The van der Waals surface area contributed by atoms with Crippen molar-refractivity contribution in [1.82, 2.24) is 9.78 Å². The van der Waals surface area contributed by atoms with Gasteiger partial charge in [0.05, 0.1) is 12.2 Å². The summed E-state index contributed by atoms with van der Waals surface area (Å²) in [6, 6.07) is 8.00. The predicted octanol–water partition coefficient (Wildman–Crippen LogP) is 2.66. The summed E-state index contributed by atoms with van der Waals surface area (Å²) in [4.78, 5) is 0. The monoisotopic (exact) mass is 249 g/mol. The van der Waals surface area contributed by atoms with Crippen LogP contribution in [0.1, 0.15) is 22.5 Å². The lowest BCUT2D eigenvalue weighted by Gasteiger charge is -2.08. The Morgan fingerprint density at radius 2 is 2.06 bits per heavy atom. The molecule has 2 N–H and O–H groups in total. The summed E-state index contributed by atoms with van der Waals surface area (Å²) >= 11 is 6.22. The minimum atomic E-state index is 0.514. The fraction of sp³-hybridized carbons (Fsp3) is 0.308. The first kappa shape index (κ1) is 12.1. The highest BCUT2D eigenvalue weighted by Gasteiger charge is 2.05. The number of benzene rings is 1. The lowest BCUT2D eigenvalue weighted by molar-refractivity contribution is 0.659. The highest BCUT2D eigenvalue weighted by molar-refractivity contribution is 6.31. The summed E-state index contributed by atoms with van der Waals surface area (Å²) in [5.41, 5.74) is 9.85. The first-order chi connectivity index (χ1) is 8.10. The summed E-state index contributed by atoms with van der Waals surface area (Å²) in [6.45, 7) is 5.24. The Balaban J connectivity index is 2.27. The van der Waals surface area contributed by atoms with Gasteiger partial charge in [0.15, 0.2) is 0 Å². The van der Waals surface area contributed by atoms with Crippen LogP contribution < -0.4 is 5.73 Å². The van der Waals surface area contributed by atoms with E-state index in [1.54, 1.807) is 0 Å². The van der Waals surface area contributed by atoms with E-state index in [9.17, 15) is 0 Å². The molecule has 2 rings (SSSR count). The molecule has 0 saturated heterocycles. The van der Waals surface area contributed by atoms with E-state index in [4.69, 9.17) is 17.3 Å². The van der Waals surface area contributed by atoms with Crippen molar-refractivity contribution in [3.63, 3.8) is 0 Å². The zero-order chi connectivity index (χ0) is 12.4. The van der Waals surface area contributed by atoms with Gasteiger partial charge in [-0.25, -0.2) is 0 Å². The molecule has 0 fully saturated rings. The number of nitrogens with zero attached hydrogens (tertiary/aromatic N) is 2. The number of halogens is 1. The van der Waals surface area contributed by atoms with Gasteiger partial charge >= 0.3 is 0 Å².